The molecule has 2 rings (SSSR count). The largest absolute Gasteiger partial charge is 0.345 e. The molecule has 0 saturated carbocycles. The standard InChI is InChI=1S/C19H29N3O6S2/c1-13(2)11-16(20)19(24)21-17-5-4-10-22(12-18(17)23)30(27,28)15-8-6-14(7-9-15)29(3,25)26/h6-9,13,16-17H,4-5,10-12,20H2,1-3H3,(H,21,24)/t16-,17?/m0/s1. The summed E-state index contributed by atoms with van der Waals surface area (Å²) in [6.07, 6.45) is 2.22. The molecule has 3 N–H and O–H groups in total. The molecular weight excluding hydrogens is 430 g/mol. The van der Waals surface area contributed by atoms with Gasteiger partial charge in [-0.2, -0.15) is 4.31 Å². The van der Waals surface area contributed by atoms with Crippen molar-refractivity contribution in [2.75, 3.05) is 19.3 Å². The summed E-state index contributed by atoms with van der Waals surface area (Å²) in [6.45, 7) is 3.62. The van der Waals surface area contributed by atoms with Crippen molar-refractivity contribution in [1.82, 2.24) is 9.62 Å². The fraction of sp³-hybridized carbons (Fsp3) is 0.579. The van der Waals surface area contributed by atoms with Crippen molar-refractivity contribution < 1.29 is 26.4 Å². The highest BCUT2D eigenvalue weighted by molar-refractivity contribution is 7.90. The summed E-state index contributed by atoms with van der Waals surface area (Å²) in [5.41, 5.74) is 5.86. The summed E-state index contributed by atoms with van der Waals surface area (Å²) in [7, 11) is -7.44. The van der Waals surface area contributed by atoms with E-state index in [1.54, 1.807) is 0 Å². The zero-order valence-electron chi connectivity index (χ0n) is 17.4. The fourth-order valence-corrected chi connectivity index (χ4v) is 5.33. The van der Waals surface area contributed by atoms with Gasteiger partial charge >= 0.3 is 0 Å². The minimum atomic E-state index is -3.98. The van der Waals surface area contributed by atoms with Gasteiger partial charge in [-0.1, -0.05) is 13.8 Å². The minimum absolute atomic E-state index is 0.00825. The molecular formula is C19H29N3O6S2. The zero-order valence-corrected chi connectivity index (χ0v) is 19.0. The van der Waals surface area contributed by atoms with Crippen LogP contribution < -0.4 is 11.1 Å². The maximum absolute atomic E-state index is 12.9. The Morgan fingerprint density at radius 1 is 1.17 bits per heavy atom. The molecule has 1 saturated heterocycles. The summed E-state index contributed by atoms with van der Waals surface area (Å²) < 4.78 is 50.0. The predicted octanol–water partition coefficient (Wildman–Crippen LogP) is 0.302. The number of hydrogen-bond acceptors (Lipinski definition) is 7. The topological polar surface area (TPSA) is 144 Å². The van der Waals surface area contributed by atoms with Crippen LogP contribution in [0.3, 0.4) is 0 Å². The average Bonchev–Trinajstić information content (AvgIpc) is 2.82. The lowest BCUT2D eigenvalue weighted by Gasteiger charge is -2.21. The van der Waals surface area contributed by atoms with E-state index in [0.29, 0.717) is 19.3 Å². The molecule has 1 aromatic carbocycles. The van der Waals surface area contributed by atoms with Crippen molar-refractivity contribution in [3.05, 3.63) is 24.3 Å². The molecule has 1 aromatic rings. The van der Waals surface area contributed by atoms with E-state index in [-0.39, 0.29) is 28.8 Å². The molecule has 30 heavy (non-hydrogen) atoms. The lowest BCUT2D eigenvalue weighted by Crippen LogP contribution is -2.50. The highest BCUT2D eigenvalue weighted by Crippen LogP contribution is 2.21. The van der Waals surface area contributed by atoms with E-state index < -0.39 is 43.6 Å². The van der Waals surface area contributed by atoms with Crippen LogP contribution in [0.25, 0.3) is 0 Å². The van der Waals surface area contributed by atoms with Gasteiger partial charge in [0.05, 0.1) is 28.4 Å². The summed E-state index contributed by atoms with van der Waals surface area (Å²) in [4.78, 5) is 24.8. The Bertz CT molecular complexity index is 988. The molecule has 0 bridgehead atoms. The number of sulfonamides is 1. The molecule has 11 heteroatoms. The lowest BCUT2D eigenvalue weighted by atomic mass is 10.0. The van der Waals surface area contributed by atoms with Gasteiger partial charge in [-0.3, -0.25) is 9.59 Å². The zero-order chi connectivity index (χ0) is 22.7. The van der Waals surface area contributed by atoms with E-state index in [9.17, 15) is 26.4 Å². The van der Waals surface area contributed by atoms with Crippen LogP contribution in [0, 0.1) is 5.92 Å². The number of sulfone groups is 1. The van der Waals surface area contributed by atoms with Crippen LogP contribution in [0.15, 0.2) is 34.1 Å². The van der Waals surface area contributed by atoms with E-state index in [1.807, 2.05) is 13.8 Å². The summed E-state index contributed by atoms with van der Waals surface area (Å²) in [6, 6.07) is 3.36. The number of hydrogen-bond donors (Lipinski definition) is 2. The Hall–Kier alpha value is -1.82. The molecule has 1 heterocycles. The normalized spacial score (nSPS) is 20.0. The van der Waals surface area contributed by atoms with E-state index >= 15 is 0 Å². The summed E-state index contributed by atoms with van der Waals surface area (Å²) in [5.74, 6) is -0.603. The first-order valence-electron chi connectivity index (χ1n) is 9.71. The van der Waals surface area contributed by atoms with E-state index in [2.05, 4.69) is 5.32 Å². The number of amides is 1. The molecule has 1 aliphatic rings. The third-order valence-corrected chi connectivity index (χ3v) is 7.88. The molecule has 0 spiro atoms. The monoisotopic (exact) mass is 459 g/mol. The third-order valence-electron chi connectivity index (χ3n) is 4.89. The smallest absolute Gasteiger partial charge is 0.243 e. The summed E-state index contributed by atoms with van der Waals surface area (Å²) in [5, 5.41) is 2.65. The molecule has 0 radical (unpaired) electrons. The molecule has 1 fully saturated rings. The van der Waals surface area contributed by atoms with Crippen molar-refractivity contribution in [3.8, 4) is 0 Å². The quantitative estimate of drug-likeness (QED) is 0.597. The molecule has 9 nitrogen and oxygen atoms in total. The van der Waals surface area contributed by atoms with Crippen LogP contribution in [0.5, 0.6) is 0 Å². The van der Waals surface area contributed by atoms with Gasteiger partial charge in [-0.05, 0) is 49.4 Å². The number of nitrogens with two attached hydrogens (primary N) is 1. The Labute approximate surface area is 178 Å². The molecule has 1 amide bonds. The highest BCUT2D eigenvalue weighted by atomic mass is 32.2. The predicted molar refractivity (Wildman–Crippen MR) is 112 cm³/mol. The van der Waals surface area contributed by atoms with Crippen LogP contribution in [0.1, 0.15) is 33.1 Å². The SMILES string of the molecule is CC(C)C[C@H](N)C(=O)NC1CCCN(S(=O)(=O)c2ccc(S(C)(=O)=O)cc2)CC1=O. The third kappa shape index (κ3) is 6.10. The fourth-order valence-electron chi connectivity index (χ4n) is 3.26. The first-order chi connectivity index (χ1) is 13.8. The van der Waals surface area contributed by atoms with E-state index in [0.717, 1.165) is 10.6 Å². The second kappa shape index (κ2) is 9.54. The number of ketones is 1. The van der Waals surface area contributed by atoms with Gasteiger partial charge in [0.1, 0.15) is 0 Å². The van der Waals surface area contributed by atoms with Gasteiger partial charge in [0, 0.05) is 12.8 Å². The number of nitrogens with zero attached hydrogens (tertiary/aromatic N) is 1. The lowest BCUT2D eigenvalue weighted by molar-refractivity contribution is -0.128. The van der Waals surface area contributed by atoms with Gasteiger partial charge in [-0.15, -0.1) is 0 Å². The van der Waals surface area contributed by atoms with Crippen molar-refractivity contribution in [2.45, 2.75) is 55.0 Å². The van der Waals surface area contributed by atoms with Gasteiger partial charge in [0.2, 0.25) is 15.9 Å². The molecule has 2 atom stereocenters. The minimum Gasteiger partial charge on any atom is -0.345 e. The second-order valence-corrected chi connectivity index (χ2v) is 11.9. The molecule has 168 valence electrons. The van der Waals surface area contributed by atoms with Gasteiger partial charge in [-0.25, -0.2) is 16.8 Å². The number of Topliss-reactive ketones (excluding diaryl/α,β-unsaturated/α-hetero) is 1. The number of carbonyl (C=O) groups is 2. The van der Waals surface area contributed by atoms with Crippen molar-refractivity contribution >= 4 is 31.6 Å². The van der Waals surface area contributed by atoms with Crippen molar-refractivity contribution in [1.29, 1.82) is 0 Å². The van der Waals surface area contributed by atoms with Crippen LogP contribution in [-0.2, 0) is 29.4 Å². The molecule has 0 aliphatic carbocycles. The average molecular weight is 460 g/mol. The maximum Gasteiger partial charge on any atom is 0.243 e. The first kappa shape index (κ1) is 24.4. The van der Waals surface area contributed by atoms with Crippen LogP contribution in [-0.4, -0.2) is 64.3 Å². The molecule has 1 aliphatic heterocycles. The second-order valence-electron chi connectivity index (χ2n) is 7.99. The number of nitrogens with one attached hydrogen (secondary N) is 1. The van der Waals surface area contributed by atoms with Gasteiger partial charge in [0.25, 0.3) is 0 Å². The van der Waals surface area contributed by atoms with E-state index in [4.69, 9.17) is 5.73 Å². The maximum atomic E-state index is 12.9. The summed E-state index contributed by atoms with van der Waals surface area (Å²) >= 11 is 0. The van der Waals surface area contributed by atoms with Crippen LogP contribution in [0.4, 0.5) is 0 Å². The number of rotatable bonds is 7. The number of benzene rings is 1. The van der Waals surface area contributed by atoms with Gasteiger partial charge in [0.15, 0.2) is 15.6 Å². The van der Waals surface area contributed by atoms with Crippen LogP contribution >= 0.6 is 0 Å². The molecule has 0 aromatic heterocycles. The van der Waals surface area contributed by atoms with Gasteiger partial charge < -0.3 is 11.1 Å². The first-order valence-corrected chi connectivity index (χ1v) is 13.0. The molecule has 1 unspecified atom stereocenters. The Morgan fingerprint density at radius 3 is 2.27 bits per heavy atom. The Kier molecular flexibility index (Phi) is 7.78. The highest BCUT2D eigenvalue weighted by Gasteiger charge is 2.33. The van der Waals surface area contributed by atoms with E-state index in [1.165, 1.54) is 24.3 Å². The van der Waals surface area contributed by atoms with Crippen LogP contribution in [0.2, 0.25) is 0 Å². The van der Waals surface area contributed by atoms with Crippen molar-refractivity contribution in [3.63, 3.8) is 0 Å². The Balaban J connectivity index is 2.12. The number of carbonyl (C=O) groups excluding carboxylic acids is 2. The van der Waals surface area contributed by atoms with Crippen molar-refractivity contribution in [2.24, 2.45) is 11.7 Å². The Morgan fingerprint density at radius 2 is 1.73 bits per heavy atom.